The third-order valence-corrected chi connectivity index (χ3v) is 1.92. The molecule has 1 N–H and O–H groups in total. The van der Waals surface area contributed by atoms with E-state index < -0.39 is 0 Å². The molecule has 0 amide bonds. The minimum Gasteiger partial charge on any atom is -0.475 e. The maximum atomic E-state index is 9.02. The number of pyridine rings is 1. The first-order valence-electron chi connectivity index (χ1n) is 5.12. The molecular weight excluding hydrogens is 210 g/mol. The summed E-state index contributed by atoms with van der Waals surface area (Å²) in [6.07, 6.45) is 1.63. The van der Waals surface area contributed by atoms with Crippen LogP contribution >= 0.6 is 0 Å². The molecule has 0 saturated heterocycles. The van der Waals surface area contributed by atoms with Crippen LogP contribution in [0.15, 0.2) is 18.3 Å². The fraction of sp³-hybridized carbons (Fsp3) is 0.545. The average molecular weight is 227 g/mol. The van der Waals surface area contributed by atoms with Gasteiger partial charge in [-0.2, -0.15) is 0 Å². The summed E-state index contributed by atoms with van der Waals surface area (Å²) < 4.78 is 15.4. The predicted molar refractivity (Wildman–Crippen MR) is 58.3 cm³/mol. The van der Waals surface area contributed by atoms with Crippen LogP contribution in [0.3, 0.4) is 0 Å². The zero-order valence-electron chi connectivity index (χ0n) is 9.39. The van der Waals surface area contributed by atoms with E-state index in [-0.39, 0.29) is 6.61 Å². The SMILES string of the molecule is COCCOCCOc1ncccc1CO. The van der Waals surface area contributed by atoms with Gasteiger partial charge in [0.2, 0.25) is 5.88 Å². The zero-order valence-corrected chi connectivity index (χ0v) is 9.39. The maximum absolute atomic E-state index is 9.02. The number of hydrogen-bond acceptors (Lipinski definition) is 5. The van der Waals surface area contributed by atoms with Crippen LogP contribution in [0.5, 0.6) is 5.88 Å². The van der Waals surface area contributed by atoms with Crippen LogP contribution in [0.2, 0.25) is 0 Å². The monoisotopic (exact) mass is 227 g/mol. The molecule has 0 aliphatic rings. The molecule has 0 atom stereocenters. The number of ether oxygens (including phenoxy) is 3. The van der Waals surface area contributed by atoms with Crippen molar-refractivity contribution >= 4 is 0 Å². The molecule has 1 aromatic rings. The Hall–Kier alpha value is -1.17. The number of nitrogens with zero attached hydrogens (tertiary/aromatic N) is 1. The average Bonchev–Trinajstić information content (AvgIpc) is 2.34. The number of aliphatic hydroxyl groups is 1. The third-order valence-electron chi connectivity index (χ3n) is 1.92. The molecule has 5 heteroatoms. The summed E-state index contributed by atoms with van der Waals surface area (Å²) in [6, 6.07) is 3.53. The lowest BCUT2D eigenvalue weighted by Gasteiger charge is -2.08. The first kappa shape index (κ1) is 12.9. The van der Waals surface area contributed by atoms with Gasteiger partial charge in [-0.15, -0.1) is 0 Å². The van der Waals surface area contributed by atoms with Gasteiger partial charge in [-0.3, -0.25) is 0 Å². The first-order chi connectivity index (χ1) is 7.88. The molecule has 16 heavy (non-hydrogen) atoms. The minimum absolute atomic E-state index is 0.0757. The summed E-state index contributed by atoms with van der Waals surface area (Å²) in [5.41, 5.74) is 0.680. The van der Waals surface area contributed by atoms with Gasteiger partial charge in [-0.1, -0.05) is 0 Å². The molecule has 0 fully saturated rings. The fourth-order valence-electron chi connectivity index (χ4n) is 1.12. The molecule has 0 spiro atoms. The Morgan fingerprint density at radius 1 is 1.25 bits per heavy atom. The largest absolute Gasteiger partial charge is 0.475 e. The molecule has 0 unspecified atom stereocenters. The van der Waals surface area contributed by atoms with Crippen LogP contribution in [-0.2, 0) is 16.1 Å². The second-order valence-corrected chi connectivity index (χ2v) is 3.08. The van der Waals surface area contributed by atoms with Crippen molar-refractivity contribution in [3.05, 3.63) is 23.9 Å². The summed E-state index contributed by atoms with van der Waals surface area (Å²) in [5.74, 6) is 0.459. The fourth-order valence-corrected chi connectivity index (χ4v) is 1.12. The van der Waals surface area contributed by atoms with Gasteiger partial charge in [-0.25, -0.2) is 4.98 Å². The van der Waals surface area contributed by atoms with Gasteiger partial charge >= 0.3 is 0 Å². The van der Waals surface area contributed by atoms with Crippen molar-refractivity contribution in [2.24, 2.45) is 0 Å². The highest BCUT2D eigenvalue weighted by atomic mass is 16.5. The van der Waals surface area contributed by atoms with E-state index in [1.165, 1.54) is 0 Å². The molecule has 0 saturated carbocycles. The summed E-state index contributed by atoms with van der Waals surface area (Å²) in [5, 5.41) is 9.02. The molecule has 90 valence electrons. The van der Waals surface area contributed by atoms with Crippen molar-refractivity contribution in [3.8, 4) is 5.88 Å². The summed E-state index contributed by atoms with van der Waals surface area (Å²) in [6.45, 7) is 1.94. The van der Waals surface area contributed by atoms with Crippen molar-refractivity contribution in [1.29, 1.82) is 0 Å². The van der Waals surface area contributed by atoms with Crippen LogP contribution in [0.25, 0.3) is 0 Å². The summed E-state index contributed by atoms with van der Waals surface area (Å²) >= 11 is 0. The van der Waals surface area contributed by atoms with Gasteiger partial charge in [0.05, 0.1) is 26.4 Å². The van der Waals surface area contributed by atoms with Crippen molar-refractivity contribution in [2.45, 2.75) is 6.61 Å². The van der Waals surface area contributed by atoms with Crippen molar-refractivity contribution in [2.75, 3.05) is 33.5 Å². The van der Waals surface area contributed by atoms with E-state index in [1.54, 1.807) is 25.4 Å². The molecule has 1 rings (SSSR count). The van der Waals surface area contributed by atoms with E-state index in [9.17, 15) is 0 Å². The Kier molecular flexibility index (Phi) is 6.48. The maximum Gasteiger partial charge on any atom is 0.218 e. The summed E-state index contributed by atoms with van der Waals surface area (Å²) in [7, 11) is 1.63. The minimum atomic E-state index is -0.0757. The van der Waals surface area contributed by atoms with Crippen molar-refractivity contribution < 1.29 is 19.3 Å². The van der Waals surface area contributed by atoms with Gasteiger partial charge in [0.1, 0.15) is 6.61 Å². The predicted octanol–water partition coefficient (Wildman–Crippen LogP) is 0.616. The molecule has 1 heterocycles. The topological polar surface area (TPSA) is 60.8 Å². The third kappa shape index (κ3) is 4.57. The standard InChI is InChI=1S/C11H17NO4/c1-14-5-6-15-7-8-16-11-10(9-13)3-2-4-12-11/h2-4,13H,5-9H2,1H3. The second kappa shape index (κ2) is 8.04. The molecule has 0 radical (unpaired) electrons. The number of rotatable bonds is 8. The van der Waals surface area contributed by atoms with Gasteiger partial charge < -0.3 is 19.3 Å². The van der Waals surface area contributed by atoms with E-state index in [0.717, 1.165) is 0 Å². The van der Waals surface area contributed by atoms with E-state index >= 15 is 0 Å². The quantitative estimate of drug-likeness (QED) is 0.659. The first-order valence-corrected chi connectivity index (χ1v) is 5.12. The van der Waals surface area contributed by atoms with Gasteiger partial charge in [0, 0.05) is 18.9 Å². The number of aliphatic hydroxyl groups excluding tert-OH is 1. The van der Waals surface area contributed by atoms with Gasteiger partial charge in [0.25, 0.3) is 0 Å². The van der Waals surface area contributed by atoms with Gasteiger partial charge in [0.15, 0.2) is 0 Å². The highest BCUT2D eigenvalue weighted by Gasteiger charge is 2.02. The zero-order chi connectivity index (χ0) is 11.6. The van der Waals surface area contributed by atoms with Crippen molar-refractivity contribution in [3.63, 3.8) is 0 Å². The molecule has 0 aromatic carbocycles. The Morgan fingerprint density at radius 2 is 2.06 bits per heavy atom. The molecule has 0 aliphatic carbocycles. The van der Waals surface area contributed by atoms with E-state index in [2.05, 4.69) is 4.98 Å². The Labute approximate surface area is 95.0 Å². The van der Waals surface area contributed by atoms with Gasteiger partial charge in [-0.05, 0) is 12.1 Å². The van der Waals surface area contributed by atoms with E-state index in [4.69, 9.17) is 19.3 Å². The lowest BCUT2D eigenvalue weighted by molar-refractivity contribution is 0.0532. The van der Waals surface area contributed by atoms with Crippen molar-refractivity contribution in [1.82, 2.24) is 4.98 Å². The van der Waals surface area contributed by atoms with Crippen LogP contribution < -0.4 is 4.74 Å². The molecule has 0 aliphatic heterocycles. The Bertz CT molecular complexity index is 293. The number of aromatic nitrogens is 1. The number of hydrogen-bond donors (Lipinski definition) is 1. The van der Waals surface area contributed by atoms with Crippen LogP contribution in [0.1, 0.15) is 5.56 Å². The van der Waals surface area contributed by atoms with E-state index in [1.807, 2.05) is 0 Å². The van der Waals surface area contributed by atoms with Crippen LogP contribution in [0.4, 0.5) is 0 Å². The highest BCUT2D eigenvalue weighted by Crippen LogP contribution is 2.13. The van der Waals surface area contributed by atoms with Crippen LogP contribution in [0, 0.1) is 0 Å². The normalized spacial score (nSPS) is 10.4. The van der Waals surface area contributed by atoms with E-state index in [0.29, 0.717) is 37.9 Å². The molecular formula is C11H17NO4. The molecule has 1 aromatic heterocycles. The molecule has 5 nitrogen and oxygen atoms in total. The molecule has 0 bridgehead atoms. The van der Waals surface area contributed by atoms with Crippen LogP contribution in [-0.4, -0.2) is 43.6 Å². The lowest BCUT2D eigenvalue weighted by atomic mass is 10.3. The Balaban J connectivity index is 2.21. The smallest absolute Gasteiger partial charge is 0.218 e. The Morgan fingerprint density at radius 3 is 2.81 bits per heavy atom. The lowest BCUT2D eigenvalue weighted by Crippen LogP contribution is -2.11. The highest BCUT2D eigenvalue weighted by molar-refractivity contribution is 5.24. The second-order valence-electron chi connectivity index (χ2n) is 3.08. The summed E-state index contributed by atoms with van der Waals surface area (Å²) in [4.78, 5) is 4.02. The number of methoxy groups -OCH3 is 1.